The Balaban J connectivity index is 3.23. The SMILES string of the molecule is CCC(=O)c1cc(C(F)(F)F)ccc1N. The Bertz CT molecular complexity index is 385. The van der Waals surface area contributed by atoms with Crippen LogP contribution in [-0.2, 0) is 6.18 Å². The Morgan fingerprint density at radius 1 is 1.40 bits per heavy atom. The van der Waals surface area contributed by atoms with E-state index in [1.54, 1.807) is 6.92 Å². The van der Waals surface area contributed by atoms with Gasteiger partial charge in [-0.25, -0.2) is 0 Å². The number of halogens is 3. The molecule has 0 aliphatic heterocycles. The summed E-state index contributed by atoms with van der Waals surface area (Å²) in [5, 5.41) is 0. The van der Waals surface area contributed by atoms with Gasteiger partial charge in [-0.3, -0.25) is 4.79 Å². The molecule has 0 heterocycles. The summed E-state index contributed by atoms with van der Waals surface area (Å²) in [5.74, 6) is -0.390. The average Bonchev–Trinajstić information content (AvgIpc) is 2.15. The van der Waals surface area contributed by atoms with Crippen molar-refractivity contribution in [1.82, 2.24) is 0 Å². The molecule has 82 valence electrons. The number of anilines is 1. The lowest BCUT2D eigenvalue weighted by atomic mass is 10.0. The summed E-state index contributed by atoms with van der Waals surface area (Å²) in [4.78, 5) is 11.3. The number of carbonyl (C=O) groups excluding carboxylic acids is 1. The van der Waals surface area contributed by atoms with Crippen LogP contribution in [0.5, 0.6) is 0 Å². The second-order valence-electron chi connectivity index (χ2n) is 3.08. The molecule has 0 amide bonds. The van der Waals surface area contributed by atoms with E-state index in [9.17, 15) is 18.0 Å². The zero-order valence-corrected chi connectivity index (χ0v) is 8.06. The Kier molecular flexibility index (Phi) is 3.02. The Labute approximate surface area is 84.9 Å². The van der Waals surface area contributed by atoms with Gasteiger partial charge in [0, 0.05) is 17.7 Å². The summed E-state index contributed by atoms with van der Waals surface area (Å²) < 4.78 is 36.9. The van der Waals surface area contributed by atoms with Crippen molar-refractivity contribution in [3.63, 3.8) is 0 Å². The van der Waals surface area contributed by atoms with Gasteiger partial charge in [-0.05, 0) is 18.2 Å². The van der Waals surface area contributed by atoms with E-state index in [0.29, 0.717) is 0 Å². The second-order valence-corrected chi connectivity index (χ2v) is 3.08. The van der Waals surface area contributed by atoms with E-state index >= 15 is 0 Å². The van der Waals surface area contributed by atoms with Gasteiger partial charge in [0.1, 0.15) is 0 Å². The van der Waals surface area contributed by atoms with E-state index in [1.807, 2.05) is 0 Å². The first-order valence-corrected chi connectivity index (χ1v) is 4.36. The van der Waals surface area contributed by atoms with Gasteiger partial charge in [0.25, 0.3) is 0 Å². The lowest BCUT2D eigenvalue weighted by Gasteiger charge is -2.09. The topological polar surface area (TPSA) is 43.1 Å². The molecule has 0 unspecified atom stereocenters. The van der Waals surface area contributed by atoms with Gasteiger partial charge in [-0.2, -0.15) is 13.2 Å². The molecule has 0 aliphatic carbocycles. The minimum Gasteiger partial charge on any atom is -0.398 e. The third-order valence-electron chi connectivity index (χ3n) is 2.00. The molecule has 1 aromatic rings. The van der Waals surface area contributed by atoms with Crippen molar-refractivity contribution >= 4 is 11.5 Å². The molecule has 2 N–H and O–H groups in total. The van der Waals surface area contributed by atoms with Crippen molar-refractivity contribution in [1.29, 1.82) is 0 Å². The van der Waals surface area contributed by atoms with Gasteiger partial charge in [0.15, 0.2) is 5.78 Å². The summed E-state index contributed by atoms with van der Waals surface area (Å²) in [7, 11) is 0. The normalized spacial score (nSPS) is 11.5. The fourth-order valence-electron chi connectivity index (χ4n) is 1.16. The summed E-state index contributed by atoms with van der Waals surface area (Å²) >= 11 is 0. The van der Waals surface area contributed by atoms with Crippen molar-refractivity contribution in [2.75, 3.05) is 5.73 Å². The van der Waals surface area contributed by atoms with Gasteiger partial charge >= 0.3 is 6.18 Å². The Hall–Kier alpha value is -1.52. The van der Waals surface area contributed by atoms with E-state index in [0.717, 1.165) is 18.2 Å². The lowest BCUT2D eigenvalue weighted by molar-refractivity contribution is -0.137. The van der Waals surface area contributed by atoms with Crippen LogP contribution in [0.25, 0.3) is 0 Å². The molecule has 15 heavy (non-hydrogen) atoms. The van der Waals surface area contributed by atoms with Gasteiger partial charge in [-0.15, -0.1) is 0 Å². The number of Topliss-reactive ketones (excluding diaryl/α,β-unsaturated/α-hetero) is 1. The van der Waals surface area contributed by atoms with Crippen LogP contribution in [0.2, 0.25) is 0 Å². The zero-order valence-electron chi connectivity index (χ0n) is 8.06. The molecule has 1 rings (SSSR count). The van der Waals surface area contributed by atoms with Crippen LogP contribution < -0.4 is 5.73 Å². The van der Waals surface area contributed by atoms with Crippen LogP contribution in [0.1, 0.15) is 29.3 Å². The quantitative estimate of drug-likeness (QED) is 0.611. The van der Waals surface area contributed by atoms with Gasteiger partial charge < -0.3 is 5.73 Å². The minimum atomic E-state index is -4.45. The predicted molar refractivity (Wildman–Crippen MR) is 50.5 cm³/mol. The monoisotopic (exact) mass is 217 g/mol. The van der Waals surface area contributed by atoms with E-state index < -0.39 is 17.5 Å². The molecular weight excluding hydrogens is 207 g/mol. The van der Waals surface area contributed by atoms with E-state index in [-0.39, 0.29) is 17.7 Å². The maximum atomic E-state index is 12.3. The highest BCUT2D eigenvalue weighted by Gasteiger charge is 2.31. The predicted octanol–water partition coefficient (Wildman–Crippen LogP) is 2.88. The summed E-state index contributed by atoms with van der Waals surface area (Å²) in [6, 6.07) is 2.76. The fourth-order valence-corrected chi connectivity index (χ4v) is 1.16. The molecule has 0 fully saturated rings. The highest BCUT2D eigenvalue weighted by molar-refractivity contribution is 6.00. The third-order valence-corrected chi connectivity index (χ3v) is 2.00. The third kappa shape index (κ3) is 2.49. The highest BCUT2D eigenvalue weighted by atomic mass is 19.4. The van der Waals surface area contributed by atoms with Crippen molar-refractivity contribution in [3.05, 3.63) is 29.3 Å². The van der Waals surface area contributed by atoms with E-state index in [2.05, 4.69) is 0 Å². The number of nitrogen functional groups attached to an aromatic ring is 1. The van der Waals surface area contributed by atoms with Crippen LogP contribution in [0, 0.1) is 0 Å². The Morgan fingerprint density at radius 3 is 2.47 bits per heavy atom. The number of alkyl halides is 3. The standard InChI is InChI=1S/C10H10F3NO/c1-2-9(15)7-5-6(10(11,12)13)3-4-8(7)14/h3-5H,2,14H2,1H3. The van der Waals surface area contributed by atoms with Gasteiger partial charge in [0.2, 0.25) is 0 Å². The summed E-state index contributed by atoms with van der Waals surface area (Å²) in [6.07, 6.45) is -4.32. The molecule has 0 atom stereocenters. The number of ketones is 1. The summed E-state index contributed by atoms with van der Waals surface area (Å²) in [6.45, 7) is 1.57. The minimum absolute atomic E-state index is 0.0627. The number of benzene rings is 1. The molecule has 2 nitrogen and oxygen atoms in total. The number of hydrogen-bond donors (Lipinski definition) is 1. The molecule has 0 aliphatic rings. The molecular formula is C10H10F3NO. The van der Waals surface area contributed by atoms with Crippen molar-refractivity contribution in [3.8, 4) is 0 Å². The first-order chi connectivity index (χ1) is 6.86. The molecule has 0 spiro atoms. The number of rotatable bonds is 2. The van der Waals surface area contributed by atoms with E-state index in [1.165, 1.54) is 0 Å². The molecule has 5 heteroatoms. The van der Waals surface area contributed by atoms with Crippen molar-refractivity contribution in [2.24, 2.45) is 0 Å². The second kappa shape index (κ2) is 3.92. The molecule has 0 radical (unpaired) electrons. The van der Waals surface area contributed by atoms with Crippen LogP contribution in [0.4, 0.5) is 18.9 Å². The molecule has 0 aromatic heterocycles. The fraction of sp³-hybridized carbons (Fsp3) is 0.300. The summed E-state index contributed by atoms with van der Waals surface area (Å²) in [5.41, 5.74) is 4.58. The van der Waals surface area contributed by atoms with Crippen LogP contribution in [0.3, 0.4) is 0 Å². The van der Waals surface area contributed by atoms with Crippen molar-refractivity contribution < 1.29 is 18.0 Å². The molecule has 0 saturated carbocycles. The maximum absolute atomic E-state index is 12.3. The molecule has 0 saturated heterocycles. The Morgan fingerprint density at radius 2 is 2.00 bits per heavy atom. The first kappa shape index (κ1) is 11.6. The highest BCUT2D eigenvalue weighted by Crippen LogP contribution is 2.31. The molecule has 1 aromatic carbocycles. The van der Waals surface area contributed by atoms with Gasteiger partial charge in [-0.1, -0.05) is 6.92 Å². The maximum Gasteiger partial charge on any atom is 0.416 e. The van der Waals surface area contributed by atoms with E-state index in [4.69, 9.17) is 5.73 Å². The zero-order chi connectivity index (χ0) is 11.6. The lowest BCUT2D eigenvalue weighted by Crippen LogP contribution is -2.09. The smallest absolute Gasteiger partial charge is 0.398 e. The molecule has 0 bridgehead atoms. The van der Waals surface area contributed by atoms with Crippen LogP contribution in [0.15, 0.2) is 18.2 Å². The number of nitrogens with two attached hydrogens (primary N) is 1. The van der Waals surface area contributed by atoms with Crippen molar-refractivity contribution in [2.45, 2.75) is 19.5 Å². The number of hydrogen-bond acceptors (Lipinski definition) is 2. The van der Waals surface area contributed by atoms with Crippen LogP contribution >= 0.6 is 0 Å². The first-order valence-electron chi connectivity index (χ1n) is 4.36. The number of carbonyl (C=O) groups is 1. The average molecular weight is 217 g/mol. The largest absolute Gasteiger partial charge is 0.416 e. The van der Waals surface area contributed by atoms with Crippen LogP contribution in [-0.4, -0.2) is 5.78 Å². The van der Waals surface area contributed by atoms with Gasteiger partial charge in [0.05, 0.1) is 5.56 Å².